The SMILES string of the molecule is CC(C)C1(C(=O)O)CCN(C(=O)Nc2cccc(Cl)c2)C1. The maximum absolute atomic E-state index is 12.2. The van der Waals surface area contributed by atoms with Crippen molar-refractivity contribution in [2.75, 3.05) is 18.4 Å². The molecule has 5 nitrogen and oxygen atoms in total. The Balaban J connectivity index is 2.07. The molecular weight excluding hydrogens is 292 g/mol. The highest BCUT2D eigenvalue weighted by atomic mass is 35.5. The zero-order chi connectivity index (χ0) is 15.6. The Morgan fingerprint density at radius 3 is 2.67 bits per heavy atom. The van der Waals surface area contributed by atoms with Crippen molar-refractivity contribution >= 4 is 29.3 Å². The van der Waals surface area contributed by atoms with E-state index in [1.54, 1.807) is 29.2 Å². The summed E-state index contributed by atoms with van der Waals surface area (Å²) in [6.45, 7) is 4.43. The molecule has 0 aliphatic carbocycles. The molecule has 6 heteroatoms. The summed E-state index contributed by atoms with van der Waals surface area (Å²) < 4.78 is 0. The normalized spacial score (nSPS) is 21.6. The lowest BCUT2D eigenvalue weighted by Gasteiger charge is -2.28. The van der Waals surface area contributed by atoms with E-state index in [4.69, 9.17) is 11.6 Å². The van der Waals surface area contributed by atoms with Gasteiger partial charge in [-0.3, -0.25) is 4.79 Å². The van der Waals surface area contributed by atoms with Crippen LogP contribution in [0.2, 0.25) is 5.02 Å². The number of carbonyl (C=O) groups is 2. The molecule has 1 aliphatic heterocycles. The molecule has 1 aliphatic rings. The predicted octanol–water partition coefficient (Wildman–Crippen LogP) is 3.30. The van der Waals surface area contributed by atoms with Crippen LogP contribution >= 0.6 is 11.6 Å². The molecule has 1 saturated heterocycles. The minimum atomic E-state index is -0.855. The van der Waals surface area contributed by atoms with Crippen LogP contribution in [0.4, 0.5) is 10.5 Å². The number of carboxylic acid groups (broad SMARTS) is 1. The minimum absolute atomic E-state index is 0.0287. The van der Waals surface area contributed by atoms with E-state index in [1.165, 1.54) is 0 Å². The van der Waals surface area contributed by atoms with Crippen LogP contribution in [0.1, 0.15) is 20.3 Å². The van der Waals surface area contributed by atoms with E-state index in [0.29, 0.717) is 23.7 Å². The quantitative estimate of drug-likeness (QED) is 0.900. The molecule has 2 rings (SSSR count). The van der Waals surface area contributed by atoms with Gasteiger partial charge in [0.25, 0.3) is 0 Å². The van der Waals surface area contributed by atoms with Gasteiger partial charge in [-0.1, -0.05) is 31.5 Å². The molecule has 0 saturated carbocycles. The van der Waals surface area contributed by atoms with Crippen molar-refractivity contribution in [3.05, 3.63) is 29.3 Å². The lowest BCUT2D eigenvalue weighted by Crippen LogP contribution is -2.41. The smallest absolute Gasteiger partial charge is 0.321 e. The average molecular weight is 311 g/mol. The van der Waals surface area contributed by atoms with E-state index in [2.05, 4.69) is 5.32 Å². The number of nitrogens with one attached hydrogen (secondary N) is 1. The van der Waals surface area contributed by atoms with E-state index in [0.717, 1.165) is 0 Å². The standard InChI is InChI=1S/C15H19ClN2O3/c1-10(2)15(13(19)20)6-7-18(9-15)14(21)17-12-5-3-4-11(16)8-12/h3-5,8,10H,6-7,9H2,1-2H3,(H,17,21)(H,19,20). The molecule has 2 amide bonds. The molecule has 2 N–H and O–H groups in total. The summed E-state index contributed by atoms with van der Waals surface area (Å²) in [6, 6.07) is 6.58. The number of likely N-dealkylation sites (tertiary alicyclic amines) is 1. The third-order valence-electron chi connectivity index (χ3n) is 4.20. The van der Waals surface area contributed by atoms with Crippen molar-refractivity contribution in [1.82, 2.24) is 4.90 Å². The van der Waals surface area contributed by atoms with Crippen LogP contribution in [0.15, 0.2) is 24.3 Å². The second-order valence-electron chi connectivity index (χ2n) is 5.73. The van der Waals surface area contributed by atoms with Crippen LogP contribution in [-0.2, 0) is 4.79 Å². The number of hydrogen-bond donors (Lipinski definition) is 2. The number of rotatable bonds is 3. The fraction of sp³-hybridized carbons (Fsp3) is 0.467. The van der Waals surface area contributed by atoms with Gasteiger partial charge in [0, 0.05) is 23.8 Å². The van der Waals surface area contributed by atoms with Crippen LogP contribution in [0, 0.1) is 11.3 Å². The van der Waals surface area contributed by atoms with Crippen molar-refractivity contribution < 1.29 is 14.7 Å². The van der Waals surface area contributed by atoms with E-state index in [1.807, 2.05) is 13.8 Å². The summed E-state index contributed by atoms with van der Waals surface area (Å²) in [5, 5.41) is 12.8. The molecule has 1 fully saturated rings. The number of nitrogens with zero attached hydrogens (tertiary/aromatic N) is 1. The Morgan fingerprint density at radius 1 is 1.43 bits per heavy atom. The van der Waals surface area contributed by atoms with Gasteiger partial charge < -0.3 is 15.3 Å². The monoisotopic (exact) mass is 310 g/mol. The minimum Gasteiger partial charge on any atom is -0.481 e. The lowest BCUT2D eigenvalue weighted by atomic mass is 9.76. The van der Waals surface area contributed by atoms with Crippen LogP contribution in [-0.4, -0.2) is 35.1 Å². The Hall–Kier alpha value is -1.75. The number of halogens is 1. The second-order valence-corrected chi connectivity index (χ2v) is 6.16. The first-order valence-corrected chi connectivity index (χ1v) is 7.28. The molecule has 0 spiro atoms. The Morgan fingerprint density at radius 2 is 2.14 bits per heavy atom. The maximum atomic E-state index is 12.2. The van der Waals surface area contributed by atoms with Crippen LogP contribution < -0.4 is 5.32 Å². The summed E-state index contributed by atoms with van der Waals surface area (Å²) >= 11 is 5.87. The third kappa shape index (κ3) is 3.13. The molecule has 114 valence electrons. The molecule has 0 radical (unpaired) electrons. The van der Waals surface area contributed by atoms with Crippen molar-refractivity contribution in [3.63, 3.8) is 0 Å². The van der Waals surface area contributed by atoms with Crippen LogP contribution in [0.5, 0.6) is 0 Å². The largest absolute Gasteiger partial charge is 0.481 e. The number of aliphatic carboxylic acids is 1. The fourth-order valence-corrected chi connectivity index (χ4v) is 2.86. The fourth-order valence-electron chi connectivity index (χ4n) is 2.67. The molecule has 1 aromatic rings. The van der Waals surface area contributed by atoms with Crippen LogP contribution in [0.25, 0.3) is 0 Å². The zero-order valence-corrected chi connectivity index (χ0v) is 12.9. The number of urea groups is 1. The number of carbonyl (C=O) groups excluding carboxylic acids is 1. The second kappa shape index (κ2) is 5.93. The molecule has 1 heterocycles. The van der Waals surface area contributed by atoms with Crippen molar-refractivity contribution in [1.29, 1.82) is 0 Å². The maximum Gasteiger partial charge on any atom is 0.321 e. The van der Waals surface area contributed by atoms with E-state index in [-0.39, 0.29) is 18.5 Å². The van der Waals surface area contributed by atoms with E-state index >= 15 is 0 Å². The van der Waals surface area contributed by atoms with Gasteiger partial charge in [-0.05, 0) is 30.5 Å². The van der Waals surface area contributed by atoms with Gasteiger partial charge in [0.05, 0.1) is 5.41 Å². The molecule has 0 aromatic heterocycles. The molecule has 1 aromatic carbocycles. The van der Waals surface area contributed by atoms with Crippen LogP contribution in [0.3, 0.4) is 0 Å². The Kier molecular flexibility index (Phi) is 4.42. The van der Waals surface area contributed by atoms with Gasteiger partial charge in [-0.25, -0.2) is 4.79 Å². The number of hydrogen-bond acceptors (Lipinski definition) is 2. The van der Waals surface area contributed by atoms with Gasteiger partial charge in [0.2, 0.25) is 0 Å². The molecule has 1 atom stereocenters. The zero-order valence-electron chi connectivity index (χ0n) is 12.1. The third-order valence-corrected chi connectivity index (χ3v) is 4.43. The summed E-state index contributed by atoms with van der Waals surface area (Å²) in [5.41, 5.74) is -0.254. The Bertz CT molecular complexity index is 562. The van der Waals surface area contributed by atoms with Gasteiger partial charge in [0.1, 0.15) is 0 Å². The predicted molar refractivity (Wildman–Crippen MR) is 81.6 cm³/mol. The number of amides is 2. The van der Waals surface area contributed by atoms with Crippen molar-refractivity contribution in [3.8, 4) is 0 Å². The molecular formula is C15H19ClN2O3. The van der Waals surface area contributed by atoms with Gasteiger partial charge in [-0.15, -0.1) is 0 Å². The number of benzene rings is 1. The van der Waals surface area contributed by atoms with Crippen molar-refractivity contribution in [2.24, 2.45) is 11.3 Å². The van der Waals surface area contributed by atoms with Crippen molar-refractivity contribution in [2.45, 2.75) is 20.3 Å². The van der Waals surface area contributed by atoms with E-state index < -0.39 is 11.4 Å². The van der Waals surface area contributed by atoms with E-state index in [9.17, 15) is 14.7 Å². The number of carboxylic acids is 1. The molecule has 21 heavy (non-hydrogen) atoms. The average Bonchev–Trinajstić information content (AvgIpc) is 2.85. The highest BCUT2D eigenvalue weighted by Crippen LogP contribution is 2.38. The summed E-state index contributed by atoms with van der Waals surface area (Å²) in [4.78, 5) is 25.3. The lowest BCUT2D eigenvalue weighted by molar-refractivity contribution is -0.150. The first kappa shape index (κ1) is 15.6. The van der Waals surface area contributed by atoms with Gasteiger partial charge in [0.15, 0.2) is 0 Å². The number of anilines is 1. The summed E-state index contributed by atoms with van der Waals surface area (Å²) in [6.07, 6.45) is 0.475. The highest BCUT2D eigenvalue weighted by molar-refractivity contribution is 6.30. The summed E-state index contributed by atoms with van der Waals surface area (Å²) in [7, 11) is 0. The molecule has 1 unspecified atom stereocenters. The van der Waals surface area contributed by atoms with Gasteiger partial charge in [-0.2, -0.15) is 0 Å². The Labute approximate surface area is 128 Å². The first-order chi connectivity index (χ1) is 9.85. The first-order valence-electron chi connectivity index (χ1n) is 6.90. The highest BCUT2D eigenvalue weighted by Gasteiger charge is 2.48. The topological polar surface area (TPSA) is 69.6 Å². The van der Waals surface area contributed by atoms with Gasteiger partial charge >= 0.3 is 12.0 Å². The summed E-state index contributed by atoms with van der Waals surface area (Å²) in [5.74, 6) is -0.866. The molecule has 0 bridgehead atoms.